The van der Waals surface area contributed by atoms with Crippen molar-refractivity contribution in [3.05, 3.63) is 166 Å². The number of carbonyl (C=O) groups is 9. The Bertz CT molecular complexity index is 3610. The normalized spacial score (nSPS) is 22.2. The van der Waals surface area contributed by atoms with Crippen LogP contribution in [0.5, 0.6) is 5.75 Å². The third-order valence-corrected chi connectivity index (χ3v) is 20.2. The average Bonchev–Trinajstić information content (AvgIpc) is 0.728. The van der Waals surface area contributed by atoms with Gasteiger partial charge in [0, 0.05) is 24.9 Å². The van der Waals surface area contributed by atoms with E-state index in [9.17, 15) is 48.3 Å². The first kappa shape index (κ1) is 67.4. The Labute approximate surface area is 539 Å². The molecule has 0 spiro atoms. The fourth-order valence-electron chi connectivity index (χ4n) is 15.4. The molecule has 2 saturated carbocycles. The van der Waals surface area contributed by atoms with E-state index < -0.39 is 84.0 Å². The molecule has 9 amide bonds. The second-order valence-electron chi connectivity index (χ2n) is 26.1. The minimum atomic E-state index is -1.16. The first-order valence-corrected chi connectivity index (χ1v) is 32.3. The zero-order valence-electron chi connectivity index (χ0n) is 53.6. The molecular formula is C73H88N8O11. The van der Waals surface area contributed by atoms with Crippen LogP contribution >= 0.6 is 0 Å². The number of fused-ring (bicyclic) bond motifs is 6. The highest BCUT2D eigenvalue weighted by Crippen LogP contribution is 2.60. The third-order valence-electron chi connectivity index (χ3n) is 20.2. The molecule has 92 heavy (non-hydrogen) atoms. The van der Waals surface area contributed by atoms with Crippen LogP contribution in [0.2, 0.25) is 0 Å². The van der Waals surface area contributed by atoms with E-state index >= 15 is 0 Å². The van der Waals surface area contributed by atoms with Crippen LogP contribution in [-0.2, 0) is 90.9 Å². The monoisotopic (exact) mass is 1250 g/mol. The van der Waals surface area contributed by atoms with Crippen LogP contribution in [0.3, 0.4) is 0 Å². The number of anilines is 2. The van der Waals surface area contributed by atoms with Gasteiger partial charge in [0.1, 0.15) is 25.1 Å². The molecule has 0 radical (unpaired) electrons. The molecular weight excluding hydrogens is 1160 g/mol. The van der Waals surface area contributed by atoms with Gasteiger partial charge in [-0.1, -0.05) is 145 Å². The summed E-state index contributed by atoms with van der Waals surface area (Å²) in [4.78, 5) is 123. The Morgan fingerprint density at radius 3 is 1.87 bits per heavy atom. The number of carbonyl (C=O) groups excluding carboxylic acids is 9. The molecule has 8 N–H and O–H groups in total. The third kappa shape index (κ3) is 15.3. The van der Waals surface area contributed by atoms with Crippen LogP contribution in [0.4, 0.5) is 11.4 Å². The van der Waals surface area contributed by atoms with E-state index in [1.54, 1.807) is 47.4 Å². The van der Waals surface area contributed by atoms with Gasteiger partial charge in [-0.25, -0.2) is 0 Å². The zero-order valence-corrected chi connectivity index (χ0v) is 53.6. The lowest BCUT2D eigenvalue weighted by Crippen LogP contribution is -2.60. The Hall–Kier alpha value is -8.97. The first-order valence-electron chi connectivity index (χ1n) is 32.3. The number of phenolic OH excluding ortho intramolecular Hbond substituents is 1. The van der Waals surface area contributed by atoms with Crippen molar-refractivity contribution in [1.29, 1.82) is 0 Å². The van der Waals surface area contributed by atoms with E-state index in [0.717, 1.165) is 91.2 Å². The van der Waals surface area contributed by atoms with Crippen molar-refractivity contribution in [2.45, 2.75) is 148 Å². The lowest BCUT2D eigenvalue weighted by molar-refractivity contribution is -0.150. The second-order valence-corrected chi connectivity index (χ2v) is 26.1. The highest BCUT2D eigenvalue weighted by Gasteiger charge is 2.58. The standard InChI is InChI=1S/C73H88N8O11/c1-7-48-20-12-13-22-52(48)44-81(58-23-15-14-21-49(58)8-2)66(88)33-32-61(83)74-41-62(84)75-43-64(86)79-57(38-47-18-10-9-11-19-47)67(89)76-42-63(85)77-46-92-45-65(87)78-53-28-24-50-26-30-59-70(3,55(50)39-53)34-16-36-72(59,5)68(90)80-69(91)73(6)37-17-35-71(4)56-40-54(82)29-25-51(56)27-31-60(71)73/h8-15,18-25,28-29,39-40,57,59-60,82H,2,7,16-17,26-27,30-38,41-46H2,1,3-6H3,(H,74,83)(H,75,84)(H,76,89)(H,77,85)(H,78,87)(H,79,86)(H,80,90,91)/t57-,59+,60+,70+,71+,72-,73-/m0/s1. The molecule has 0 unspecified atom stereocenters. The van der Waals surface area contributed by atoms with Crippen molar-refractivity contribution in [2.24, 2.45) is 22.7 Å². The van der Waals surface area contributed by atoms with E-state index in [-0.39, 0.29) is 73.3 Å². The van der Waals surface area contributed by atoms with Crippen LogP contribution in [0, 0.1) is 22.7 Å². The summed E-state index contributed by atoms with van der Waals surface area (Å²) in [5.41, 5.74) is 6.94. The number of benzene rings is 5. The Morgan fingerprint density at radius 1 is 0.630 bits per heavy atom. The predicted molar refractivity (Wildman–Crippen MR) is 351 cm³/mol. The topological polar surface area (TPSA) is 271 Å². The molecule has 5 aromatic carbocycles. The minimum absolute atomic E-state index is 0.00340. The van der Waals surface area contributed by atoms with Crippen molar-refractivity contribution < 1.29 is 53.0 Å². The lowest BCUT2D eigenvalue weighted by atomic mass is 9.49. The number of phenols is 1. The number of ether oxygens (including phenoxy) is 1. The molecule has 0 bridgehead atoms. The van der Waals surface area contributed by atoms with E-state index in [1.165, 1.54) is 5.56 Å². The van der Waals surface area contributed by atoms with Crippen molar-refractivity contribution >= 4 is 70.6 Å². The molecule has 0 aromatic heterocycles. The number of imide groups is 1. The molecule has 5 aromatic rings. The van der Waals surface area contributed by atoms with Gasteiger partial charge in [0.25, 0.3) is 0 Å². The van der Waals surface area contributed by atoms with Gasteiger partial charge in [-0.3, -0.25) is 48.5 Å². The van der Waals surface area contributed by atoms with E-state index in [1.807, 2.05) is 99.6 Å². The van der Waals surface area contributed by atoms with Gasteiger partial charge in [-0.2, -0.15) is 0 Å². The Balaban J connectivity index is 0.706. The zero-order chi connectivity index (χ0) is 65.8. The predicted octanol–water partition coefficient (Wildman–Crippen LogP) is 8.08. The minimum Gasteiger partial charge on any atom is -0.508 e. The van der Waals surface area contributed by atoms with E-state index in [0.29, 0.717) is 29.8 Å². The quantitative estimate of drug-likeness (QED) is 0.0157. The van der Waals surface area contributed by atoms with Gasteiger partial charge >= 0.3 is 0 Å². The number of hydrogen-bond donors (Lipinski definition) is 8. The number of nitrogens with zero attached hydrogens (tertiary/aromatic N) is 1. The molecule has 0 heterocycles. The number of amides is 9. The summed E-state index contributed by atoms with van der Waals surface area (Å²) >= 11 is 0. The van der Waals surface area contributed by atoms with Crippen LogP contribution < -0.4 is 42.1 Å². The van der Waals surface area contributed by atoms with Gasteiger partial charge in [0.2, 0.25) is 53.2 Å². The van der Waals surface area contributed by atoms with Gasteiger partial charge in [0.05, 0.1) is 42.7 Å². The molecule has 2 fully saturated rings. The number of aromatic hydroxyl groups is 1. The van der Waals surface area contributed by atoms with Gasteiger partial charge in [0.15, 0.2) is 0 Å². The van der Waals surface area contributed by atoms with Crippen LogP contribution in [0.15, 0.2) is 122 Å². The summed E-state index contributed by atoms with van der Waals surface area (Å²) < 4.78 is 5.52. The summed E-state index contributed by atoms with van der Waals surface area (Å²) in [6.07, 6.45) is 9.97. The van der Waals surface area contributed by atoms with Crippen molar-refractivity contribution in [3.63, 3.8) is 0 Å². The van der Waals surface area contributed by atoms with Crippen molar-refractivity contribution in [2.75, 3.05) is 43.2 Å². The molecule has 19 heteroatoms. The summed E-state index contributed by atoms with van der Waals surface area (Å²) in [5.74, 6) is -4.31. The molecule has 4 aliphatic carbocycles. The molecule has 4 aliphatic rings. The molecule has 0 aliphatic heterocycles. The number of rotatable bonds is 25. The largest absolute Gasteiger partial charge is 0.508 e. The van der Waals surface area contributed by atoms with Crippen LogP contribution in [0.1, 0.15) is 143 Å². The highest BCUT2D eigenvalue weighted by atomic mass is 16.5. The number of para-hydroxylation sites is 1. The fourth-order valence-corrected chi connectivity index (χ4v) is 15.4. The van der Waals surface area contributed by atoms with Gasteiger partial charge < -0.3 is 46.6 Å². The van der Waals surface area contributed by atoms with E-state index in [4.69, 9.17) is 4.74 Å². The second kappa shape index (κ2) is 29.5. The Kier molecular flexibility index (Phi) is 21.6. The summed E-state index contributed by atoms with van der Waals surface area (Å²) in [6.45, 7) is 12.4. The maximum absolute atomic E-state index is 14.7. The molecule has 0 saturated heterocycles. The smallest absolute Gasteiger partial charge is 0.250 e. The fraction of sp³-hybridized carbons (Fsp3) is 0.438. The average molecular weight is 1250 g/mol. The molecule has 9 rings (SSSR count). The molecule has 486 valence electrons. The Morgan fingerprint density at radius 2 is 1.21 bits per heavy atom. The van der Waals surface area contributed by atoms with Crippen LogP contribution in [-0.4, -0.2) is 97.3 Å². The lowest BCUT2D eigenvalue weighted by Gasteiger charge is -2.56. The summed E-state index contributed by atoms with van der Waals surface area (Å²) in [7, 11) is 0. The summed E-state index contributed by atoms with van der Waals surface area (Å²) in [6, 6.07) is 34.4. The van der Waals surface area contributed by atoms with Gasteiger partial charge in [-0.15, -0.1) is 0 Å². The van der Waals surface area contributed by atoms with E-state index in [2.05, 4.69) is 57.6 Å². The molecule has 7 atom stereocenters. The molecule has 19 nitrogen and oxygen atoms in total. The van der Waals surface area contributed by atoms with Crippen LogP contribution in [0.25, 0.3) is 6.08 Å². The van der Waals surface area contributed by atoms with Crippen molar-refractivity contribution in [3.8, 4) is 5.75 Å². The number of nitrogens with one attached hydrogen (secondary N) is 7. The maximum atomic E-state index is 14.7. The summed E-state index contributed by atoms with van der Waals surface area (Å²) in [5, 5.41) is 29.0. The highest BCUT2D eigenvalue weighted by molar-refractivity contribution is 6.01. The maximum Gasteiger partial charge on any atom is 0.250 e. The van der Waals surface area contributed by atoms with Gasteiger partial charge in [-0.05, 0) is 155 Å². The number of hydrogen-bond acceptors (Lipinski definition) is 11. The SMILES string of the molecule is C=Cc1ccccc1N(Cc1ccccc1CC)C(=O)CCC(=O)NCC(=O)NCC(=O)N[C@@H](Cc1ccccc1)C(=O)NCC(=O)NCOCC(=O)Nc1ccc2c(c1)[C@@]1(C)CCC[C@](C)(C(=O)NC(=O)[C@@]3(C)CCC[C@]4(C)c5cc(O)ccc5CC[C@@H]34)[C@@H]1CC2. The number of aryl methyl sites for hydroxylation is 3. The first-order chi connectivity index (χ1) is 44.1. The van der Waals surface area contributed by atoms with Crippen molar-refractivity contribution in [1.82, 2.24) is 31.9 Å².